The number of rotatable bonds is 23. The molecule has 11 heteroatoms. The quantitative estimate of drug-likeness (QED) is 0.0520. The molecule has 1 amide bonds. The van der Waals surface area contributed by atoms with E-state index in [-0.39, 0.29) is 40.2 Å². The molecule has 0 aromatic carbocycles. The number of esters is 1. The number of carbonyl (C=O) groups is 3. The fraction of sp³-hybridized carbons (Fsp3) is 0.897. The van der Waals surface area contributed by atoms with Crippen molar-refractivity contribution in [1.29, 1.82) is 0 Å². The number of thioether (sulfide) groups is 2. The predicted octanol–water partition coefficient (Wildman–Crippen LogP) is 7.05. The van der Waals surface area contributed by atoms with Gasteiger partial charge in [0.05, 0.1) is 12.5 Å². The maximum absolute atomic E-state index is 12.8. The largest absolute Gasteiger partial charge is 0.459 e. The lowest BCUT2D eigenvalue weighted by molar-refractivity contribution is -0.164. The number of hydrogen-bond donors (Lipinski definition) is 2. The van der Waals surface area contributed by atoms with E-state index in [1.165, 1.54) is 0 Å². The summed E-state index contributed by atoms with van der Waals surface area (Å²) in [5.74, 6) is 4.85. The molecule has 0 aromatic heterocycles. The number of thiol groups is 1. The van der Waals surface area contributed by atoms with Crippen LogP contribution in [0, 0.1) is 17.8 Å². The highest BCUT2D eigenvalue weighted by molar-refractivity contribution is 8.76. The van der Waals surface area contributed by atoms with Crippen LogP contribution < -0.4 is 5.32 Å². The Kier molecular flexibility index (Phi) is 20.5. The van der Waals surface area contributed by atoms with Crippen LogP contribution in [0.1, 0.15) is 82.1 Å². The second-order valence-electron chi connectivity index (χ2n) is 12.2. The first-order valence-electron chi connectivity index (χ1n) is 14.2. The molecule has 0 saturated heterocycles. The highest BCUT2D eigenvalue weighted by Gasteiger charge is 2.34. The zero-order chi connectivity index (χ0) is 31.0. The van der Waals surface area contributed by atoms with E-state index >= 15 is 0 Å². The predicted molar refractivity (Wildman–Crippen MR) is 183 cm³/mol. The third-order valence-corrected chi connectivity index (χ3v) is 12.4. The van der Waals surface area contributed by atoms with Crippen LogP contribution in [0.15, 0.2) is 0 Å². The second-order valence-corrected chi connectivity index (χ2v) is 18.1. The van der Waals surface area contributed by atoms with Crippen LogP contribution in [0.3, 0.4) is 0 Å². The molecule has 0 spiro atoms. The van der Waals surface area contributed by atoms with Gasteiger partial charge < -0.3 is 14.8 Å². The van der Waals surface area contributed by atoms with Crippen LogP contribution in [0.2, 0.25) is 0 Å². The summed E-state index contributed by atoms with van der Waals surface area (Å²) in [6.07, 6.45) is 1.47. The van der Waals surface area contributed by atoms with Gasteiger partial charge in [-0.1, -0.05) is 49.3 Å². The molecule has 40 heavy (non-hydrogen) atoms. The molecule has 0 heterocycles. The van der Waals surface area contributed by atoms with Gasteiger partial charge in [0.15, 0.2) is 5.78 Å². The highest BCUT2D eigenvalue weighted by Crippen LogP contribution is 2.35. The molecule has 0 bridgehead atoms. The van der Waals surface area contributed by atoms with Crippen molar-refractivity contribution in [1.82, 2.24) is 5.32 Å². The van der Waals surface area contributed by atoms with Gasteiger partial charge in [0, 0.05) is 58.3 Å². The lowest BCUT2D eigenvalue weighted by Gasteiger charge is -2.31. The average Bonchev–Trinajstić information content (AvgIpc) is 2.85. The summed E-state index contributed by atoms with van der Waals surface area (Å²) in [4.78, 5) is 37.3. The Balaban J connectivity index is 4.37. The Morgan fingerprint density at radius 1 is 0.900 bits per heavy atom. The van der Waals surface area contributed by atoms with E-state index in [0.29, 0.717) is 18.8 Å². The van der Waals surface area contributed by atoms with Crippen molar-refractivity contribution in [3.8, 4) is 0 Å². The molecule has 0 aromatic rings. The van der Waals surface area contributed by atoms with Gasteiger partial charge >= 0.3 is 5.97 Å². The number of amides is 1. The number of hydrogen-bond acceptors (Lipinski definition) is 10. The number of nitrogens with one attached hydrogen (secondary N) is 1. The molecule has 0 aliphatic heterocycles. The summed E-state index contributed by atoms with van der Waals surface area (Å²) >= 11 is 7.74. The number of Topliss-reactive ketones (excluding diaryl/α,β-unsaturated/α-hetero) is 1. The lowest BCUT2D eigenvalue weighted by Crippen LogP contribution is -2.41. The van der Waals surface area contributed by atoms with Crippen molar-refractivity contribution in [3.63, 3.8) is 0 Å². The van der Waals surface area contributed by atoms with Gasteiger partial charge in [-0.3, -0.25) is 14.4 Å². The molecular weight excluding hydrogens is 603 g/mol. The SMILES string of the molecule is CC(C)C(=O)NCCCSSCC(C)(C)SCC(C)C(=O)OC(C)(C)CCOC(C)(C)C(=O)C(C)CSCCS. The van der Waals surface area contributed by atoms with Gasteiger partial charge in [-0.15, -0.1) is 0 Å². The third-order valence-electron chi connectivity index (χ3n) is 6.03. The molecule has 0 aliphatic rings. The van der Waals surface area contributed by atoms with Crippen molar-refractivity contribution in [2.75, 3.05) is 47.7 Å². The first-order valence-corrected chi connectivity index (χ1v) is 19.5. The summed E-state index contributed by atoms with van der Waals surface area (Å²) in [6.45, 7) is 20.6. The van der Waals surface area contributed by atoms with Crippen LogP contribution in [-0.4, -0.2) is 81.3 Å². The normalized spacial score (nSPS) is 14.2. The Labute approximate surface area is 266 Å². The van der Waals surface area contributed by atoms with E-state index in [4.69, 9.17) is 9.47 Å². The number of carbonyl (C=O) groups excluding carboxylic acids is 3. The molecule has 2 atom stereocenters. The Morgan fingerprint density at radius 3 is 2.15 bits per heavy atom. The topological polar surface area (TPSA) is 81.7 Å². The second kappa shape index (κ2) is 20.3. The minimum atomic E-state index is -0.878. The van der Waals surface area contributed by atoms with Crippen LogP contribution in [0.5, 0.6) is 0 Å². The fourth-order valence-corrected chi connectivity index (χ4v) is 8.64. The average molecular weight is 658 g/mol. The van der Waals surface area contributed by atoms with E-state index in [1.807, 2.05) is 77.0 Å². The summed E-state index contributed by atoms with van der Waals surface area (Å²) < 4.78 is 11.9. The van der Waals surface area contributed by atoms with Gasteiger partial charge in [-0.25, -0.2) is 0 Å². The molecule has 0 aliphatic carbocycles. The standard InChI is InChI=1S/C29H55NO5S5/c1-21(2)25(32)30-13-11-16-39-40-20-28(7,8)38-19-23(4)26(33)35-27(5,6)12-14-34-29(9,10)24(31)22(3)18-37-17-15-36/h21-23,36H,11-20H2,1-10H3,(H,30,32). The van der Waals surface area contributed by atoms with Crippen molar-refractivity contribution >= 4 is 75.4 Å². The summed E-state index contributed by atoms with van der Waals surface area (Å²) in [5, 5.41) is 2.95. The van der Waals surface area contributed by atoms with E-state index in [0.717, 1.165) is 41.7 Å². The molecule has 236 valence electrons. The summed E-state index contributed by atoms with van der Waals surface area (Å²) in [7, 11) is 3.67. The Morgan fingerprint density at radius 2 is 1.55 bits per heavy atom. The minimum Gasteiger partial charge on any atom is -0.459 e. The summed E-state index contributed by atoms with van der Waals surface area (Å²) in [5.41, 5.74) is -1.56. The molecule has 0 radical (unpaired) electrons. The maximum atomic E-state index is 12.8. The van der Waals surface area contributed by atoms with E-state index < -0.39 is 11.2 Å². The van der Waals surface area contributed by atoms with E-state index in [2.05, 4.69) is 31.8 Å². The molecular formula is C29H55NO5S5. The monoisotopic (exact) mass is 657 g/mol. The van der Waals surface area contributed by atoms with Gasteiger partial charge in [-0.2, -0.15) is 36.2 Å². The molecule has 1 N–H and O–H groups in total. The molecule has 6 nitrogen and oxygen atoms in total. The van der Waals surface area contributed by atoms with Gasteiger partial charge in [0.25, 0.3) is 0 Å². The summed E-state index contributed by atoms with van der Waals surface area (Å²) in [6, 6.07) is 0. The fourth-order valence-electron chi connectivity index (χ4n) is 3.29. The van der Waals surface area contributed by atoms with Crippen LogP contribution in [-0.2, 0) is 23.9 Å². The van der Waals surface area contributed by atoms with Crippen LogP contribution >= 0.6 is 57.7 Å². The Bertz CT molecular complexity index is 761. The molecule has 0 saturated carbocycles. The maximum Gasteiger partial charge on any atom is 0.310 e. The van der Waals surface area contributed by atoms with Crippen molar-refractivity contribution < 1.29 is 23.9 Å². The molecule has 0 fully saturated rings. The van der Waals surface area contributed by atoms with Crippen LogP contribution in [0.4, 0.5) is 0 Å². The smallest absolute Gasteiger partial charge is 0.310 e. The highest BCUT2D eigenvalue weighted by atomic mass is 33.1. The van der Waals surface area contributed by atoms with Gasteiger partial charge in [0.2, 0.25) is 5.91 Å². The first-order chi connectivity index (χ1) is 18.4. The van der Waals surface area contributed by atoms with Crippen molar-refractivity contribution in [2.24, 2.45) is 17.8 Å². The van der Waals surface area contributed by atoms with Gasteiger partial charge in [-0.05, 0) is 53.7 Å². The van der Waals surface area contributed by atoms with E-state index in [1.54, 1.807) is 23.5 Å². The molecule has 0 rings (SSSR count). The lowest BCUT2D eigenvalue weighted by atomic mass is 9.94. The van der Waals surface area contributed by atoms with Crippen molar-refractivity contribution in [3.05, 3.63) is 0 Å². The zero-order valence-corrected chi connectivity index (χ0v) is 30.6. The third kappa shape index (κ3) is 18.8. The minimum absolute atomic E-state index is 0.0280. The Hall–Kier alpha value is 0.320. The van der Waals surface area contributed by atoms with Gasteiger partial charge in [0.1, 0.15) is 11.2 Å². The van der Waals surface area contributed by atoms with Crippen molar-refractivity contribution in [2.45, 2.75) is 98.0 Å². The zero-order valence-electron chi connectivity index (χ0n) is 26.4. The van der Waals surface area contributed by atoms with Crippen LogP contribution in [0.25, 0.3) is 0 Å². The molecule has 2 unspecified atom stereocenters. The first kappa shape index (κ1) is 40.3. The van der Waals surface area contributed by atoms with E-state index in [9.17, 15) is 14.4 Å². The number of ether oxygens (including phenoxy) is 2. The number of ketones is 1.